The Morgan fingerprint density at radius 1 is 1.36 bits per heavy atom. The quantitative estimate of drug-likeness (QED) is 0.884. The first kappa shape index (κ1) is 17.9. The Balaban J connectivity index is 1.72. The number of aromatic nitrogens is 1. The minimum Gasteiger partial charge on any atom is -0.324 e. The third-order valence-corrected chi connectivity index (χ3v) is 5.89. The largest absolute Gasteiger partial charge is 0.324 e. The second-order valence-corrected chi connectivity index (χ2v) is 8.24. The fourth-order valence-electron chi connectivity index (χ4n) is 2.58. The number of nitrogens with one attached hydrogen (secondary N) is 1. The van der Waals surface area contributed by atoms with E-state index in [2.05, 4.69) is 10.3 Å². The molecule has 0 spiro atoms. The van der Waals surface area contributed by atoms with E-state index in [1.165, 1.54) is 11.3 Å². The zero-order valence-electron chi connectivity index (χ0n) is 14.5. The number of hydrogen-bond acceptors (Lipinski definition) is 5. The maximum atomic E-state index is 12.8. The van der Waals surface area contributed by atoms with E-state index in [-0.39, 0.29) is 17.7 Å². The standard InChI is InChI=1S/C18H21N3O2S2/c1-11(2)14-8-25-17(20-14)18(23)21-10-24-9-15(21)16(22)19-13-6-4-5-12(3)7-13/h4-8,11,15H,9-10H2,1-3H3,(H,19,22). The highest BCUT2D eigenvalue weighted by molar-refractivity contribution is 7.99. The van der Waals surface area contributed by atoms with E-state index in [0.29, 0.717) is 16.6 Å². The maximum Gasteiger partial charge on any atom is 0.284 e. The predicted molar refractivity (Wildman–Crippen MR) is 103 cm³/mol. The van der Waals surface area contributed by atoms with Crippen LogP contribution in [-0.4, -0.2) is 39.4 Å². The number of anilines is 1. The van der Waals surface area contributed by atoms with E-state index in [1.807, 2.05) is 50.4 Å². The number of thioether (sulfide) groups is 1. The van der Waals surface area contributed by atoms with E-state index < -0.39 is 6.04 Å². The molecule has 2 aromatic rings. The lowest BCUT2D eigenvalue weighted by Gasteiger charge is -2.22. The van der Waals surface area contributed by atoms with Crippen LogP contribution in [0.4, 0.5) is 5.69 Å². The molecule has 3 rings (SSSR count). The van der Waals surface area contributed by atoms with Gasteiger partial charge in [0.2, 0.25) is 5.91 Å². The van der Waals surface area contributed by atoms with Gasteiger partial charge in [-0.25, -0.2) is 4.98 Å². The van der Waals surface area contributed by atoms with Crippen LogP contribution < -0.4 is 5.32 Å². The van der Waals surface area contributed by atoms with Crippen LogP contribution in [0.15, 0.2) is 29.6 Å². The predicted octanol–water partition coefficient (Wildman–Crippen LogP) is 3.73. The molecule has 7 heteroatoms. The first-order valence-electron chi connectivity index (χ1n) is 8.17. The van der Waals surface area contributed by atoms with Crippen LogP contribution in [0, 0.1) is 6.92 Å². The van der Waals surface area contributed by atoms with Crippen molar-refractivity contribution in [2.45, 2.75) is 32.7 Å². The monoisotopic (exact) mass is 375 g/mol. The van der Waals surface area contributed by atoms with Gasteiger partial charge in [-0.15, -0.1) is 23.1 Å². The number of hydrogen-bond donors (Lipinski definition) is 1. The number of nitrogens with zero attached hydrogens (tertiary/aromatic N) is 2. The van der Waals surface area contributed by atoms with Gasteiger partial charge in [-0.2, -0.15) is 0 Å². The van der Waals surface area contributed by atoms with Crippen molar-refractivity contribution in [3.8, 4) is 0 Å². The summed E-state index contributed by atoms with van der Waals surface area (Å²) >= 11 is 2.94. The Bertz CT molecular complexity index is 788. The van der Waals surface area contributed by atoms with Gasteiger partial charge in [0.1, 0.15) is 6.04 Å². The molecule has 1 saturated heterocycles. The van der Waals surface area contributed by atoms with Gasteiger partial charge in [0.05, 0.1) is 11.6 Å². The van der Waals surface area contributed by atoms with E-state index in [4.69, 9.17) is 0 Å². The number of carbonyl (C=O) groups is 2. The maximum absolute atomic E-state index is 12.8. The topological polar surface area (TPSA) is 62.3 Å². The molecule has 0 bridgehead atoms. The minimum absolute atomic E-state index is 0.149. The lowest BCUT2D eigenvalue weighted by Crippen LogP contribution is -2.44. The number of amides is 2. The van der Waals surface area contributed by atoms with Crippen molar-refractivity contribution in [1.29, 1.82) is 0 Å². The molecule has 2 heterocycles. The molecule has 1 unspecified atom stereocenters. The zero-order chi connectivity index (χ0) is 18.0. The summed E-state index contributed by atoms with van der Waals surface area (Å²) in [5.41, 5.74) is 2.75. The number of aryl methyl sites for hydroxylation is 1. The van der Waals surface area contributed by atoms with Crippen LogP contribution in [0.1, 0.15) is 40.8 Å². The number of benzene rings is 1. The zero-order valence-corrected chi connectivity index (χ0v) is 16.1. The summed E-state index contributed by atoms with van der Waals surface area (Å²) in [6.07, 6.45) is 0. The van der Waals surface area contributed by atoms with Gasteiger partial charge in [0, 0.05) is 16.8 Å². The third kappa shape index (κ3) is 4.04. The smallest absolute Gasteiger partial charge is 0.284 e. The van der Waals surface area contributed by atoms with Crippen molar-refractivity contribution in [1.82, 2.24) is 9.88 Å². The molecule has 0 saturated carbocycles. The summed E-state index contributed by atoms with van der Waals surface area (Å²) < 4.78 is 0. The van der Waals surface area contributed by atoms with Crippen molar-refractivity contribution >= 4 is 40.6 Å². The molecule has 2 amide bonds. The fourth-order valence-corrected chi connectivity index (χ4v) is 4.67. The number of carbonyl (C=O) groups excluding carboxylic acids is 2. The molecule has 1 aliphatic heterocycles. The van der Waals surface area contributed by atoms with Gasteiger partial charge < -0.3 is 10.2 Å². The Morgan fingerprint density at radius 2 is 2.16 bits per heavy atom. The number of thiazole rings is 1. The van der Waals surface area contributed by atoms with Crippen LogP contribution in [0.25, 0.3) is 0 Å². The van der Waals surface area contributed by atoms with Crippen molar-refractivity contribution in [3.63, 3.8) is 0 Å². The van der Waals surface area contributed by atoms with Crippen LogP contribution >= 0.6 is 23.1 Å². The van der Waals surface area contributed by atoms with Crippen LogP contribution in [-0.2, 0) is 4.79 Å². The highest BCUT2D eigenvalue weighted by atomic mass is 32.2. The molecule has 1 aromatic heterocycles. The fraction of sp³-hybridized carbons (Fsp3) is 0.389. The highest BCUT2D eigenvalue weighted by Crippen LogP contribution is 2.26. The minimum atomic E-state index is -0.468. The summed E-state index contributed by atoms with van der Waals surface area (Å²) in [5, 5.41) is 5.30. The van der Waals surface area contributed by atoms with Crippen LogP contribution in [0.5, 0.6) is 0 Å². The lowest BCUT2D eigenvalue weighted by atomic mass is 10.2. The molecule has 5 nitrogen and oxygen atoms in total. The van der Waals surface area contributed by atoms with Gasteiger partial charge >= 0.3 is 0 Å². The summed E-state index contributed by atoms with van der Waals surface area (Å²) in [4.78, 5) is 31.5. The molecule has 0 radical (unpaired) electrons. The Hall–Kier alpha value is -1.86. The summed E-state index contributed by atoms with van der Waals surface area (Å²) in [7, 11) is 0. The molecule has 0 aliphatic carbocycles. The molecular weight excluding hydrogens is 354 g/mol. The second kappa shape index (κ2) is 7.58. The first-order valence-corrected chi connectivity index (χ1v) is 10.2. The van der Waals surface area contributed by atoms with Crippen molar-refractivity contribution in [2.75, 3.05) is 16.9 Å². The van der Waals surface area contributed by atoms with Crippen LogP contribution in [0.2, 0.25) is 0 Å². The van der Waals surface area contributed by atoms with Crippen molar-refractivity contribution in [3.05, 3.63) is 45.9 Å². The van der Waals surface area contributed by atoms with Crippen molar-refractivity contribution < 1.29 is 9.59 Å². The first-order chi connectivity index (χ1) is 12.0. The molecule has 1 N–H and O–H groups in total. The van der Waals surface area contributed by atoms with E-state index in [9.17, 15) is 9.59 Å². The molecule has 132 valence electrons. The average Bonchev–Trinajstić information content (AvgIpc) is 3.24. The summed E-state index contributed by atoms with van der Waals surface area (Å²) in [5.74, 6) is 1.09. The van der Waals surface area contributed by atoms with Gasteiger partial charge in [0.25, 0.3) is 5.91 Å². The molecule has 1 atom stereocenters. The Labute approximate surface area is 155 Å². The van der Waals surface area contributed by atoms with Gasteiger partial charge in [-0.3, -0.25) is 9.59 Å². The molecule has 1 aromatic carbocycles. The molecule has 1 aliphatic rings. The van der Waals surface area contributed by atoms with Crippen molar-refractivity contribution in [2.24, 2.45) is 0 Å². The molecule has 1 fully saturated rings. The SMILES string of the molecule is Cc1cccc(NC(=O)C2CSCN2C(=O)c2nc(C(C)C)cs2)c1. The summed E-state index contributed by atoms with van der Waals surface area (Å²) in [6, 6.07) is 7.19. The number of rotatable bonds is 4. The van der Waals surface area contributed by atoms with Gasteiger partial charge in [0.15, 0.2) is 5.01 Å². The van der Waals surface area contributed by atoms with Gasteiger partial charge in [-0.05, 0) is 30.5 Å². The average molecular weight is 376 g/mol. The summed E-state index contributed by atoms with van der Waals surface area (Å²) in [6.45, 7) is 6.08. The van der Waals surface area contributed by atoms with E-state index in [0.717, 1.165) is 16.9 Å². The van der Waals surface area contributed by atoms with Crippen LogP contribution in [0.3, 0.4) is 0 Å². The molecule has 25 heavy (non-hydrogen) atoms. The Kier molecular flexibility index (Phi) is 5.44. The van der Waals surface area contributed by atoms with Gasteiger partial charge in [-0.1, -0.05) is 26.0 Å². The Morgan fingerprint density at radius 3 is 2.84 bits per heavy atom. The normalized spacial score (nSPS) is 17.1. The van der Waals surface area contributed by atoms with E-state index in [1.54, 1.807) is 16.7 Å². The third-order valence-electron chi connectivity index (χ3n) is 4.03. The highest BCUT2D eigenvalue weighted by Gasteiger charge is 2.36. The second-order valence-electron chi connectivity index (χ2n) is 6.38. The molecular formula is C18H21N3O2S2. The lowest BCUT2D eigenvalue weighted by molar-refractivity contribution is -0.119. The van der Waals surface area contributed by atoms with E-state index >= 15 is 0 Å².